The fourth-order valence-corrected chi connectivity index (χ4v) is 2.83. The average molecular weight is 270 g/mol. The van der Waals surface area contributed by atoms with Gasteiger partial charge >= 0.3 is 0 Å². The van der Waals surface area contributed by atoms with Crippen molar-refractivity contribution >= 4 is 10.0 Å². The van der Waals surface area contributed by atoms with Gasteiger partial charge in [0.05, 0.1) is 4.90 Å². The predicted molar refractivity (Wildman–Crippen MR) is 74.2 cm³/mol. The average Bonchev–Trinajstić information content (AvgIpc) is 2.38. The van der Waals surface area contributed by atoms with Gasteiger partial charge in [0, 0.05) is 13.6 Å². The number of nitrogens with one attached hydrogen (secondary N) is 1. The van der Waals surface area contributed by atoms with E-state index < -0.39 is 10.0 Å². The monoisotopic (exact) mass is 270 g/mol. The highest BCUT2D eigenvalue weighted by molar-refractivity contribution is 7.89. The first-order valence-corrected chi connectivity index (χ1v) is 7.66. The van der Waals surface area contributed by atoms with Crippen LogP contribution < -0.4 is 5.32 Å². The lowest BCUT2D eigenvalue weighted by molar-refractivity contribution is 0.486. The van der Waals surface area contributed by atoms with Crippen molar-refractivity contribution in [3.63, 3.8) is 0 Å². The highest BCUT2D eigenvalue weighted by atomic mass is 32.2. The van der Waals surface area contributed by atoms with Crippen LogP contribution in [0.4, 0.5) is 0 Å². The van der Waals surface area contributed by atoms with Crippen molar-refractivity contribution in [3.05, 3.63) is 29.8 Å². The third kappa shape index (κ3) is 3.80. The van der Waals surface area contributed by atoms with Crippen molar-refractivity contribution < 1.29 is 8.42 Å². The van der Waals surface area contributed by atoms with E-state index in [0.29, 0.717) is 11.4 Å². The lowest BCUT2D eigenvalue weighted by atomic mass is 10.1. The Labute approximate surface area is 110 Å². The molecular weight excluding hydrogens is 248 g/mol. The molecule has 0 heterocycles. The molecule has 0 amide bonds. The van der Waals surface area contributed by atoms with Crippen molar-refractivity contribution in [2.24, 2.45) is 0 Å². The Hall–Kier alpha value is -0.910. The first-order valence-electron chi connectivity index (χ1n) is 6.22. The fourth-order valence-electron chi connectivity index (χ4n) is 1.65. The maximum atomic E-state index is 12.1. The fraction of sp³-hybridized carbons (Fsp3) is 0.538. The summed E-state index contributed by atoms with van der Waals surface area (Å²) in [5.74, 6) is 0. The van der Waals surface area contributed by atoms with Gasteiger partial charge in [-0.2, -0.15) is 0 Å². The van der Waals surface area contributed by atoms with E-state index in [-0.39, 0.29) is 0 Å². The topological polar surface area (TPSA) is 49.4 Å². The van der Waals surface area contributed by atoms with Gasteiger partial charge in [0.15, 0.2) is 0 Å². The molecule has 0 saturated carbocycles. The third-order valence-electron chi connectivity index (χ3n) is 2.97. The first kappa shape index (κ1) is 15.1. The van der Waals surface area contributed by atoms with Crippen molar-refractivity contribution in [3.8, 4) is 0 Å². The summed E-state index contributed by atoms with van der Waals surface area (Å²) >= 11 is 0. The normalized spacial score (nSPS) is 12.0. The molecule has 0 radical (unpaired) electrons. The van der Waals surface area contributed by atoms with Crippen molar-refractivity contribution in [2.75, 3.05) is 27.2 Å². The molecule has 0 unspecified atom stereocenters. The van der Waals surface area contributed by atoms with E-state index in [0.717, 1.165) is 19.4 Å². The van der Waals surface area contributed by atoms with E-state index in [1.54, 1.807) is 19.2 Å². The van der Waals surface area contributed by atoms with Crippen LogP contribution in [0.5, 0.6) is 0 Å². The molecule has 5 heteroatoms. The van der Waals surface area contributed by atoms with Crippen LogP contribution in [-0.4, -0.2) is 39.9 Å². The van der Waals surface area contributed by atoms with Gasteiger partial charge in [-0.25, -0.2) is 12.7 Å². The minimum Gasteiger partial charge on any atom is -0.320 e. The summed E-state index contributed by atoms with van der Waals surface area (Å²) in [6.45, 7) is 3.27. The minimum atomic E-state index is -3.31. The molecule has 0 spiro atoms. The van der Waals surface area contributed by atoms with Crippen LogP contribution in [0.3, 0.4) is 0 Å². The quantitative estimate of drug-likeness (QED) is 0.764. The van der Waals surface area contributed by atoms with Crippen LogP contribution in [0.15, 0.2) is 29.2 Å². The van der Waals surface area contributed by atoms with Gasteiger partial charge < -0.3 is 5.32 Å². The molecule has 0 atom stereocenters. The van der Waals surface area contributed by atoms with Crippen LogP contribution in [0, 0.1) is 0 Å². The zero-order valence-corrected chi connectivity index (χ0v) is 12.1. The molecule has 1 N–H and O–H groups in total. The Morgan fingerprint density at radius 2 is 1.83 bits per heavy atom. The number of rotatable bonds is 7. The zero-order chi connectivity index (χ0) is 13.6. The van der Waals surface area contributed by atoms with Gasteiger partial charge in [-0.3, -0.25) is 0 Å². The van der Waals surface area contributed by atoms with E-state index in [2.05, 4.69) is 5.32 Å². The molecule has 0 aliphatic carbocycles. The summed E-state index contributed by atoms with van der Waals surface area (Å²) in [5.41, 5.74) is 1.17. The van der Waals surface area contributed by atoms with E-state index >= 15 is 0 Å². The maximum absolute atomic E-state index is 12.1. The summed E-state index contributed by atoms with van der Waals surface area (Å²) < 4.78 is 25.5. The summed E-state index contributed by atoms with van der Waals surface area (Å²) in [7, 11) is 0.210. The van der Waals surface area contributed by atoms with Crippen LogP contribution in [0.25, 0.3) is 0 Å². The number of hydrogen-bond acceptors (Lipinski definition) is 3. The van der Waals surface area contributed by atoms with Crippen LogP contribution in [0.2, 0.25) is 0 Å². The molecule has 0 bridgehead atoms. The van der Waals surface area contributed by atoms with Crippen LogP contribution >= 0.6 is 0 Å². The summed E-state index contributed by atoms with van der Waals surface area (Å²) in [4.78, 5) is 0.365. The Morgan fingerprint density at radius 3 is 2.33 bits per heavy atom. The Balaban J connectivity index is 2.77. The van der Waals surface area contributed by atoms with E-state index in [1.165, 1.54) is 9.87 Å². The third-order valence-corrected chi connectivity index (χ3v) is 4.92. The Bertz CT molecular complexity index is 454. The Morgan fingerprint density at radius 1 is 1.22 bits per heavy atom. The highest BCUT2D eigenvalue weighted by Crippen LogP contribution is 2.15. The molecule has 4 nitrogen and oxygen atoms in total. The standard InChI is InChI=1S/C13H22N2O2S/c1-4-15(3)18(16,17)13-9-7-12(8-10-13)6-5-11-14-2/h7-10,14H,4-6,11H2,1-3H3. The molecule has 0 aliphatic heterocycles. The molecule has 0 aromatic heterocycles. The number of hydrogen-bond donors (Lipinski definition) is 1. The van der Waals surface area contributed by atoms with Gasteiger partial charge in [-0.1, -0.05) is 19.1 Å². The van der Waals surface area contributed by atoms with Crippen LogP contribution in [-0.2, 0) is 16.4 Å². The molecule has 0 aliphatic rings. The Kier molecular flexibility index (Phi) is 5.78. The predicted octanol–water partition coefficient (Wildman–Crippen LogP) is 1.48. The maximum Gasteiger partial charge on any atom is 0.242 e. The van der Waals surface area contributed by atoms with E-state index in [1.807, 2.05) is 26.1 Å². The van der Waals surface area contributed by atoms with E-state index in [9.17, 15) is 8.42 Å². The molecule has 1 rings (SSSR count). The second-order valence-corrected chi connectivity index (χ2v) is 6.32. The van der Waals surface area contributed by atoms with E-state index in [4.69, 9.17) is 0 Å². The molecule has 1 aromatic carbocycles. The van der Waals surface area contributed by atoms with Crippen molar-refractivity contribution in [1.29, 1.82) is 0 Å². The molecule has 1 aromatic rings. The SMILES string of the molecule is CCN(C)S(=O)(=O)c1ccc(CCCNC)cc1. The zero-order valence-electron chi connectivity index (χ0n) is 11.3. The largest absolute Gasteiger partial charge is 0.320 e. The molecule has 0 saturated heterocycles. The van der Waals surface area contributed by atoms with Gasteiger partial charge in [0.1, 0.15) is 0 Å². The first-order chi connectivity index (χ1) is 8.52. The molecular formula is C13H22N2O2S. The summed E-state index contributed by atoms with van der Waals surface area (Å²) in [5, 5.41) is 3.09. The molecule has 102 valence electrons. The number of sulfonamides is 1. The smallest absolute Gasteiger partial charge is 0.242 e. The van der Waals surface area contributed by atoms with Crippen LogP contribution in [0.1, 0.15) is 18.9 Å². The lowest BCUT2D eigenvalue weighted by Crippen LogP contribution is -2.26. The van der Waals surface area contributed by atoms with Gasteiger partial charge in [-0.15, -0.1) is 0 Å². The molecule has 0 fully saturated rings. The highest BCUT2D eigenvalue weighted by Gasteiger charge is 2.18. The summed E-state index contributed by atoms with van der Waals surface area (Å²) in [6, 6.07) is 7.17. The molecule has 18 heavy (non-hydrogen) atoms. The summed E-state index contributed by atoms with van der Waals surface area (Å²) in [6.07, 6.45) is 2.02. The van der Waals surface area contributed by atoms with Gasteiger partial charge in [0.2, 0.25) is 10.0 Å². The number of aryl methyl sites for hydroxylation is 1. The lowest BCUT2D eigenvalue weighted by Gasteiger charge is -2.15. The number of nitrogens with zero attached hydrogens (tertiary/aromatic N) is 1. The second-order valence-electron chi connectivity index (χ2n) is 4.27. The van der Waals surface area contributed by atoms with Gasteiger partial charge in [0.25, 0.3) is 0 Å². The number of benzene rings is 1. The minimum absolute atomic E-state index is 0.365. The van der Waals surface area contributed by atoms with Crippen molar-refractivity contribution in [2.45, 2.75) is 24.7 Å². The van der Waals surface area contributed by atoms with Gasteiger partial charge in [-0.05, 0) is 44.1 Å². The second kappa shape index (κ2) is 6.87. The van der Waals surface area contributed by atoms with Crippen molar-refractivity contribution in [1.82, 2.24) is 9.62 Å².